The van der Waals surface area contributed by atoms with Gasteiger partial charge in [0.1, 0.15) is 5.75 Å². The molecule has 0 aliphatic carbocycles. The van der Waals surface area contributed by atoms with Crippen molar-refractivity contribution in [3.05, 3.63) is 43.0 Å². The molecule has 0 heterocycles. The standard InChI is InChI=1S/C16H14O5/c1-4-15(18)21-16-12-8-6-5-7-11(12)13(20-10(2)17)9-14(16)19-3/h4-9H,1H2,2-3H3. The molecule has 0 unspecified atom stereocenters. The van der Waals surface area contributed by atoms with Gasteiger partial charge in [0.2, 0.25) is 0 Å². The van der Waals surface area contributed by atoms with Crippen LogP contribution >= 0.6 is 0 Å². The quantitative estimate of drug-likeness (QED) is 0.491. The monoisotopic (exact) mass is 286 g/mol. The third-order valence-electron chi connectivity index (χ3n) is 2.77. The van der Waals surface area contributed by atoms with Gasteiger partial charge in [0, 0.05) is 29.8 Å². The van der Waals surface area contributed by atoms with Crippen LogP contribution in [-0.2, 0) is 9.59 Å². The van der Waals surface area contributed by atoms with E-state index in [-0.39, 0.29) is 5.75 Å². The highest BCUT2D eigenvalue weighted by molar-refractivity contribution is 5.99. The van der Waals surface area contributed by atoms with E-state index in [9.17, 15) is 9.59 Å². The summed E-state index contributed by atoms with van der Waals surface area (Å²) in [5.41, 5.74) is 0. The fourth-order valence-corrected chi connectivity index (χ4v) is 1.93. The van der Waals surface area contributed by atoms with Crippen molar-refractivity contribution >= 4 is 22.7 Å². The van der Waals surface area contributed by atoms with Crippen LogP contribution in [0.2, 0.25) is 0 Å². The summed E-state index contributed by atoms with van der Waals surface area (Å²) in [6.45, 7) is 4.68. The van der Waals surface area contributed by atoms with E-state index in [2.05, 4.69) is 6.58 Å². The zero-order valence-electron chi connectivity index (χ0n) is 11.7. The topological polar surface area (TPSA) is 61.8 Å². The Morgan fingerprint density at radius 2 is 1.76 bits per heavy atom. The molecule has 0 radical (unpaired) electrons. The first-order chi connectivity index (χ1) is 10.1. The van der Waals surface area contributed by atoms with E-state index in [1.165, 1.54) is 20.1 Å². The Balaban J connectivity index is 2.70. The van der Waals surface area contributed by atoms with Crippen molar-refractivity contribution in [2.75, 3.05) is 7.11 Å². The van der Waals surface area contributed by atoms with Crippen LogP contribution in [0.3, 0.4) is 0 Å². The molecule has 2 aromatic rings. The number of fused-ring (bicyclic) bond motifs is 1. The summed E-state index contributed by atoms with van der Waals surface area (Å²) in [5, 5.41) is 1.24. The summed E-state index contributed by atoms with van der Waals surface area (Å²) < 4.78 is 15.6. The van der Waals surface area contributed by atoms with E-state index in [1.54, 1.807) is 24.3 Å². The summed E-state index contributed by atoms with van der Waals surface area (Å²) in [7, 11) is 1.44. The van der Waals surface area contributed by atoms with Crippen LogP contribution in [0, 0.1) is 0 Å². The van der Waals surface area contributed by atoms with E-state index < -0.39 is 11.9 Å². The van der Waals surface area contributed by atoms with Gasteiger partial charge in [-0.05, 0) is 0 Å². The van der Waals surface area contributed by atoms with Crippen LogP contribution in [0.4, 0.5) is 0 Å². The van der Waals surface area contributed by atoms with Crippen molar-refractivity contribution in [1.29, 1.82) is 0 Å². The lowest BCUT2D eigenvalue weighted by atomic mass is 10.1. The summed E-state index contributed by atoms with van der Waals surface area (Å²) >= 11 is 0. The van der Waals surface area contributed by atoms with Gasteiger partial charge in [0.05, 0.1) is 7.11 Å². The van der Waals surface area contributed by atoms with Gasteiger partial charge >= 0.3 is 11.9 Å². The fourth-order valence-electron chi connectivity index (χ4n) is 1.93. The number of hydrogen-bond donors (Lipinski definition) is 0. The van der Waals surface area contributed by atoms with Gasteiger partial charge in [-0.1, -0.05) is 30.8 Å². The Morgan fingerprint density at radius 3 is 2.33 bits per heavy atom. The molecule has 2 rings (SSSR count). The van der Waals surface area contributed by atoms with Crippen LogP contribution in [0.1, 0.15) is 6.92 Å². The molecule has 0 N–H and O–H groups in total. The Labute approximate surface area is 121 Å². The third-order valence-corrected chi connectivity index (χ3v) is 2.77. The molecule has 0 aromatic heterocycles. The maximum absolute atomic E-state index is 11.5. The number of hydrogen-bond acceptors (Lipinski definition) is 5. The summed E-state index contributed by atoms with van der Waals surface area (Å²) in [4.78, 5) is 22.7. The van der Waals surface area contributed by atoms with E-state index >= 15 is 0 Å². The molecule has 5 heteroatoms. The number of carbonyl (C=O) groups excluding carboxylic acids is 2. The van der Waals surface area contributed by atoms with Gasteiger partial charge in [-0.25, -0.2) is 4.79 Å². The average molecular weight is 286 g/mol. The summed E-state index contributed by atoms with van der Waals surface area (Å²) in [5.74, 6) is -0.154. The Morgan fingerprint density at radius 1 is 1.10 bits per heavy atom. The normalized spacial score (nSPS) is 10.0. The maximum Gasteiger partial charge on any atom is 0.335 e. The van der Waals surface area contributed by atoms with E-state index in [4.69, 9.17) is 14.2 Å². The minimum absolute atomic E-state index is 0.258. The fraction of sp³-hybridized carbons (Fsp3) is 0.125. The highest BCUT2D eigenvalue weighted by atomic mass is 16.6. The first kappa shape index (κ1) is 14.6. The second-order valence-corrected chi connectivity index (χ2v) is 4.17. The molecule has 0 spiro atoms. The van der Waals surface area contributed by atoms with Gasteiger partial charge in [0.25, 0.3) is 0 Å². The van der Waals surface area contributed by atoms with Crippen molar-refractivity contribution < 1.29 is 23.8 Å². The number of carbonyl (C=O) groups is 2. The number of benzene rings is 2. The Hall–Kier alpha value is -2.82. The molecule has 5 nitrogen and oxygen atoms in total. The number of esters is 2. The highest BCUT2D eigenvalue weighted by Crippen LogP contribution is 2.41. The molecule has 2 aromatic carbocycles. The van der Waals surface area contributed by atoms with E-state index in [0.717, 1.165) is 6.08 Å². The molecule has 21 heavy (non-hydrogen) atoms. The Kier molecular flexibility index (Phi) is 4.23. The van der Waals surface area contributed by atoms with Gasteiger partial charge in [-0.15, -0.1) is 0 Å². The van der Waals surface area contributed by atoms with Crippen LogP contribution in [0.5, 0.6) is 17.2 Å². The minimum atomic E-state index is -0.598. The zero-order valence-corrected chi connectivity index (χ0v) is 11.7. The SMILES string of the molecule is C=CC(=O)Oc1c(OC)cc(OC(C)=O)c2ccccc12. The van der Waals surface area contributed by atoms with Crippen molar-refractivity contribution in [2.24, 2.45) is 0 Å². The predicted octanol–water partition coefficient (Wildman–Crippen LogP) is 2.87. The van der Waals surface area contributed by atoms with Gasteiger partial charge in [-0.2, -0.15) is 0 Å². The van der Waals surface area contributed by atoms with Crippen LogP contribution in [0.25, 0.3) is 10.8 Å². The van der Waals surface area contributed by atoms with Crippen LogP contribution < -0.4 is 14.2 Å². The second-order valence-electron chi connectivity index (χ2n) is 4.17. The molecule has 0 atom stereocenters. The van der Waals surface area contributed by atoms with Crippen molar-refractivity contribution in [2.45, 2.75) is 6.92 Å². The third kappa shape index (κ3) is 3.02. The molecule has 0 saturated heterocycles. The predicted molar refractivity (Wildman–Crippen MR) is 77.6 cm³/mol. The largest absolute Gasteiger partial charge is 0.493 e. The molecule has 0 bridgehead atoms. The molecule has 0 amide bonds. The number of methoxy groups -OCH3 is 1. The van der Waals surface area contributed by atoms with Crippen molar-refractivity contribution in [1.82, 2.24) is 0 Å². The molecular formula is C16H14O5. The van der Waals surface area contributed by atoms with Crippen molar-refractivity contribution in [3.63, 3.8) is 0 Å². The molecule has 0 aliphatic heterocycles. The highest BCUT2D eigenvalue weighted by Gasteiger charge is 2.17. The summed E-state index contributed by atoms with van der Waals surface area (Å²) in [6.07, 6.45) is 1.06. The average Bonchev–Trinajstić information content (AvgIpc) is 2.48. The zero-order chi connectivity index (χ0) is 15.4. The first-order valence-electron chi connectivity index (χ1n) is 6.19. The number of ether oxygens (including phenoxy) is 3. The van der Waals surface area contributed by atoms with Gasteiger partial charge in [0.15, 0.2) is 11.5 Å². The minimum Gasteiger partial charge on any atom is -0.493 e. The molecular weight excluding hydrogens is 272 g/mol. The first-order valence-corrected chi connectivity index (χ1v) is 6.19. The lowest BCUT2D eigenvalue weighted by Gasteiger charge is -2.14. The van der Waals surface area contributed by atoms with E-state index in [1.807, 2.05) is 0 Å². The smallest absolute Gasteiger partial charge is 0.335 e. The second kappa shape index (κ2) is 6.09. The van der Waals surface area contributed by atoms with Crippen molar-refractivity contribution in [3.8, 4) is 17.2 Å². The van der Waals surface area contributed by atoms with Gasteiger partial charge < -0.3 is 14.2 Å². The number of rotatable bonds is 4. The molecule has 0 aliphatic rings. The van der Waals surface area contributed by atoms with E-state index in [0.29, 0.717) is 22.3 Å². The van der Waals surface area contributed by atoms with Crippen LogP contribution in [-0.4, -0.2) is 19.0 Å². The van der Waals surface area contributed by atoms with Gasteiger partial charge in [-0.3, -0.25) is 4.79 Å². The lowest BCUT2D eigenvalue weighted by Crippen LogP contribution is -2.07. The molecule has 0 fully saturated rings. The molecule has 0 saturated carbocycles. The molecule has 108 valence electrons. The van der Waals surface area contributed by atoms with Crippen LogP contribution in [0.15, 0.2) is 43.0 Å². The Bertz CT molecular complexity index is 718. The maximum atomic E-state index is 11.5. The lowest BCUT2D eigenvalue weighted by molar-refractivity contribution is -0.132. The summed E-state index contributed by atoms with van der Waals surface area (Å²) in [6, 6.07) is 8.59.